The Morgan fingerprint density at radius 2 is 1.19 bits per heavy atom. The Morgan fingerprint density at radius 1 is 0.639 bits per heavy atom. The fourth-order valence-electron chi connectivity index (χ4n) is 3.95. The topological polar surface area (TPSA) is 36.9 Å². The largest absolute Gasteiger partial charge is 0.497 e. The van der Waals surface area contributed by atoms with E-state index in [4.69, 9.17) is 18.9 Å². The molecule has 190 valence electrons. The molecule has 0 N–H and O–H groups in total. The van der Waals surface area contributed by atoms with Crippen molar-refractivity contribution in [2.24, 2.45) is 0 Å². The standard InChI is InChI=1S/C30H34O4S2/c1-31-24-11-15-26(16-12-24)33-19-5-3-8-23-22-28(36-30(23)29-10-7-21-35-29)9-4-6-20-34-27-17-13-25(32-2)14-18-27/h7,10-18,21-22H,3-6,8-9,19-20H2,1-2H3. The fourth-order valence-corrected chi connectivity index (χ4v) is 6.09. The highest BCUT2D eigenvalue weighted by Gasteiger charge is 2.12. The number of thiophene rings is 2. The number of rotatable bonds is 15. The zero-order chi connectivity index (χ0) is 25.0. The number of hydrogen-bond donors (Lipinski definition) is 0. The Balaban J connectivity index is 1.22. The van der Waals surface area contributed by atoms with Gasteiger partial charge in [0.05, 0.1) is 27.4 Å². The van der Waals surface area contributed by atoms with Crippen molar-refractivity contribution < 1.29 is 18.9 Å². The van der Waals surface area contributed by atoms with Gasteiger partial charge in [-0.3, -0.25) is 0 Å². The van der Waals surface area contributed by atoms with Gasteiger partial charge in [0.1, 0.15) is 23.0 Å². The molecule has 0 spiro atoms. The van der Waals surface area contributed by atoms with Crippen molar-refractivity contribution in [2.45, 2.75) is 38.5 Å². The van der Waals surface area contributed by atoms with Gasteiger partial charge in [-0.05, 0) is 110 Å². The van der Waals surface area contributed by atoms with Crippen LogP contribution >= 0.6 is 22.7 Å². The summed E-state index contributed by atoms with van der Waals surface area (Å²) in [5.74, 6) is 3.48. The summed E-state index contributed by atoms with van der Waals surface area (Å²) < 4.78 is 22.2. The van der Waals surface area contributed by atoms with Crippen LogP contribution in [0.5, 0.6) is 23.0 Å². The Morgan fingerprint density at radius 3 is 1.72 bits per heavy atom. The van der Waals surface area contributed by atoms with E-state index in [0.29, 0.717) is 0 Å². The number of benzene rings is 2. The van der Waals surface area contributed by atoms with E-state index in [9.17, 15) is 0 Å². The van der Waals surface area contributed by atoms with Gasteiger partial charge >= 0.3 is 0 Å². The van der Waals surface area contributed by atoms with Crippen molar-refractivity contribution >= 4 is 22.7 Å². The molecule has 0 radical (unpaired) electrons. The third kappa shape index (κ3) is 7.77. The van der Waals surface area contributed by atoms with Gasteiger partial charge in [-0.25, -0.2) is 0 Å². The third-order valence-corrected chi connectivity index (χ3v) is 8.21. The normalized spacial score (nSPS) is 10.8. The first-order chi connectivity index (χ1) is 17.7. The van der Waals surface area contributed by atoms with E-state index in [1.165, 1.54) is 20.2 Å². The second-order valence-corrected chi connectivity index (χ2v) is 10.6. The monoisotopic (exact) mass is 522 g/mol. The van der Waals surface area contributed by atoms with Gasteiger partial charge in [-0.2, -0.15) is 0 Å². The molecule has 2 aromatic carbocycles. The summed E-state index contributed by atoms with van der Waals surface area (Å²) >= 11 is 3.78. The first-order valence-electron chi connectivity index (χ1n) is 12.4. The van der Waals surface area contributed by atoms with Crippen LogP contribution in [0.1, 0.15) is 36.1 Å². The van der Waals surface area contributed by atoms with E-state index in [2.05, 4.69) is 23.6 Å². The summed E-state index contributed by atoms with van der Waals surface area (Å²) in [6.45, 7) is 1.46. The van der Waals surface area contributed by atoms with Crippen molar-refractivity contribution in [3.63, 3.8) is 0 Å². The predicted molar refractivity (Wildman–Crippen MR) is 150 cm³/mol. The van der Waals surface area contributed by atoms with Crippen molar-refractivity contribution in [2.75, 3.05) is 27.4 Å². The molecule has 36 heavy (non-hydrogen) atoms. The van der Waals surface area contributed by atoms with Crippen LogP contribution < -0.4 is 18.9 Å². The molecule has 2 aromatic heterocycles. The van der Waals surface area contributed by atoms with Crippen LogP contribution in [0.15, 0.2) is 72.1 Å². The molecule has 0 aliphatic carbocycles. The van der Waals surface area contributed by atoms with E-state index in [0.717, 1.165) is 74.7 Å². The van der Waals surface area contributed by atoms with Crippen molar-refractivity contribution in [1.82, 2.24) is 0 Å². The molecule has 4 aromatic rings. The molecule has 0 fully saturated rings. The number of hydrogen-bond acceptors (Lipinski definition) is 6. The highest BCUT2D eigenvalue weighted by molar-refractivity contribution is 7.21. The minimum atomic E-state index is 0.728. The van der Waals surface area contributed by atoms with Crippen molar-refractivity contribution in [1.29, 1.82) is 0 Å². The molecular weight excluding hydrogens is 488 g/mol. The molecule has 4 nitrogen and oxygen atoms in total. The van der Waals surface area contributed by atoms with Gasteiger partial charge in [0.2, 0.25) is 0 Å². The maximum Gasteiger partial charge on any atom is 0.119 e. The van der Waals surface area contributed by atoms with Gasteiger partial charge in [0, 0.05) is 14.6 Å². The quantitative estimate of drug-likeness (QED) is 0.147. The summed E-state index contributed by atoms with van der Waals surface area (Å²) in [6, 6.07) is 22.4. The third-order valence-electron chi connectivity index (χ3n) is 5.92. The van der Waals surface area contributed by atoms with Crippen molar-refractivity contribution in [3.8, 4) is 32.8 Å². The van der Waals surface area contributed by atoms with Crippen LogP contribution in [0, 0.1) is 0 Å². The van der Waals surface area contributed by atoms with Gasteiger partial charge in [0.15, 0.2) is 0 Å². The van der Waals surface area contributed by atoms with Gasteiger partial charge in [0.25, 0.3) is 0 Å². The fraction of sp³-hybridized carbons (Fsp3) is 0.333. The number of ether oxygens (including phenoxy) is 4. The van der Waals surface area contributed by atoms with E-state index >= 15 is 0 Å². The van der Waals surface area contributed by atoms with Crippen LogP contribution in [-0.2, 0) is 12.8 Å². The Bertz CT molecular complexity index is 1150. The minimum absolute atomic E-state index is 0.728. The second kappa shape index (κ2) is 14.0. The summed E-state index contributed by atoms with van der Waals surface area (Å²) in [5, 5.41) is 2.16. The molecule has 6 heteroatoms. The molecule has 0 unspecified atom stereocenters. The SMILES string of the molecule is COc1ccc(OCCCCc2cc(CCCCOc3ccc(OC)cc3)c(-c3cccs3)s2)cc1. The lowest BCUT2D eigenvalue weighted by atomic mass is 10.1. The first kappa shape index (κ1) is 26.1. The predicted octanol–water partition coefficient (Wildman–Crippen LogP) is 8.30. The van der Waals surface area contributed by atoms with Gasteiger partial charge in [-0.15, -0.1) is 22.7 Å². The molecule has 0 aliphatic rings. The smallest absolute Gasteiger partial charge is 0.119 e. The highest BCUT2D eigenvalue weighted by Crippen LogP contribution is 2.37. The maximum atomic E-state index is 5.90. The lowest BCUT2D eigenvalue weighted by Crippen LogP contribution is -1.98. The summed E-state index contributed by atoms with van der Waals surface area (Å²) in [5.41, 5.74) is 1.47. The van der Waals surface area contributed by atoms with Crippen LogP contribution in [0.25, 0.3) is 9.75 Å². The summed E-state index contributed by atoms with van der Waals surface area (Å²) in [7, 11) is 3.35. The van der Waals surface area contributed by atoms with Crippen LogP contribution in [0.4, 0.5) is 0 Å². The van der Waals surface area contributed by atoms with E-state index < -0.39 is 0 Å². The zero-order valence-corrected chi connectivity index (χ0v) is 22.7. The average Bonchev–Trinajstić information content (AvgIpc) is 3.59. The summed E-state index contributed by atoms with van der Waals surface area (Å²) in [4.78, 5) is 4.27. The molecular formula is C30H34O4S2. The average molecular weight is 523 g/mol. The van der Waals surface area contributed by atoms with Gasteiger partial charge in [-0.1, -0.05) is 6.07 Å². The van der Waals surface area contributed by atoms with Crippen LogP contribution in [0.3, 0.4) is 0 Å². The molecule has 0 saturated heterocycles. The Kier molecular flexibility index (Phi) is 10.1. The number of aryl methyl sites for hydroxylation is 2. The van der Waals surface area contributed by atoms with E-state index in [1.807, 2.05) is 71.2 Å². The minimum Gasteiger partial charge on any atom is -0.497 e. The molecule has 0 bridgehead atoms. The number of unbranched alkanes of at least 4 members (excludes halogenated alkanes) is 2. The Hall–Kier alpha value is -2.96. The molecule has 0 atom stereocenters. The second-order valence-electron chi connectivity index (χ2n) is 8.51. The molecule has 4 rings (SSSR count). The molecule has 0 saturated carbocycles. The lowest BCUT2D eigenvalue weighted by Gasteiger charge is -2.07. The Labute approximate surface area is 222 Å². The lowest BCUT2D eigenvalue weighted by molar-refractivity contribution is 0.306. The highest BCUT2D eigenvalue weighted by atomic mass is 32.1. The van der Waals surface area contributed by atoms with Crippen LogP contribution in [-0.4, -0.2) is 27.4 Å². The molecule has 2 heterocycles. The molecule has 0 aliphatic heterocycles. The van der Waals surface area contributed by atoms with E-state index in [1.54, 1.807) is 14.2 Å². The maximum absolute atomic E-state index is 5.90. The van der Waals surface area contributed by atoms with Crippen LogP contribution in [0.2, 0.25) is 0 Å². The zero-order valence-electron chi connectivity index (χ0n) is 21.0. The first-order valence-corrected chi connectivity index (χ1v) is 14.1. The molecule has 0 amide bonds. The summed E-state index contributed by atoms with van der Waals surface area (Å²) in [6.07, 6.45) is 6.47. The van der Waals surface area contributed by atoms with E-state index in [-0.39, 0.29) is 0 Å². The van der Waals surface area contributed by atoms with Crippen molar-refractivity contribution in [3.05, 3.63) is 82.6 Å². The van der Waals surface area contributed by atoms with Gasteiger partial charge < -0.3 is 18.9 Å². The number of methoxy groups -OCH3 is 2.